The van der Waals surface area contributed by atoms with Crippen molar-refractivity contribution in [2.75, 3.05) is 13.2 Å². The van der Waals surface area contributed by atoms with E-state index >= 15 is 0 Å². The molecule has 0 fully saturated rings. The van der Waals surface area contributed by atoms with E-state index in [2.05, 4.69) is 8.83 Å². The maximum atomic E-state index is 10.3. The van der Waals surface area contributed by atoms with Crippen LogP contribution in [0, 0.1) is 0 Å². The highest BCUT2D eigenvalue weighted by molar-refractivity contribution is 7.47. The molecule has 0 amide bonds. The van der Waals surface area contributed by atoms with Gasteiger partial charge in [0.2, 0.25) is 0 Å². The van der Waals surface area contributed by atoms with Gasteiger partial charge in [-0.1, -0.05) is 0 Å². The van der Waals surface area contributed by atoms with Crippen LogP contribution in [0.5, 0.6) is 0 Å². The minimum Gasteiger partial charge on any atom is -0.394 e. The summed E-state index contributed by atoms with van der Waals surface area (Å²) in [6.45, 7) is -0.495. The van der Waals surface area contributed by atoms with Crippen molar-refractivity contribution >= 4 is 16.5 Å². The van der Waals surface area contributed by atoms with E-state index in [1.165, 1.54) is 0 Å². The third kappa shape index (κ3) is 6.16. The Morgan fingerprint density at radius 2 is 2.00 bits per heavy atom. The molecule has 0 heterocycles. The number of hydrogen-bond acceptors (Lipinski definition) is 5. The lowest BCUT2D eigenvalue weighted by atomic mass is 10.8. The minimum atomic E-state index is -2.90. The number of aliphatic hydroxyl groups excluding tert-OH is 1. The Morgan fingerprint density at radius 1 is 1.40 bits per heavy atom. The van der Waals surface area contributed by atoms with E-state index in [0.29, 0.717) is 0 Å². The molecule has 0 rings (SSSR count). The largest absolute Gasteiger partial charge is 0.747 e. The average Bonchev–Trinajstić information content (AvgIpc) is 1.82. The highest BCUT2D eigenvalue weighted by Gasteiger charge is 2.36. The molecule has 58 valence electrons. The standard InChI is InChI=1S/C2H5O6P2/c3-1-2-7-10(6)8-9(4)5/h3H,1-2H2/q+1/p+1. The van der Waals surface area contributed by atoms with Crippen LogP contribution in [-0.4, -0.2) is 23.2 Å². The zero-order valence-corrected chi connectivity index (χ0v) is 6.62. The monoisotopic (exact) mass is 188 g/mol. The normalized spacial score (nSPS) is 13.0. The second-order valence-corrected chi connectivity index (χ2v) is 2.93. The fraction of sp³-hybridized carbons (Fsp3) is 1.00. The van der Waals surface area contributed by atoms with Gasteiger partial charge in [-0.15, -0.1) is 9.42 Å². The molecule has 0 aromatic rings. The van der Waals surface area contributed by atoms with Gasteiger partial charge >= 0.3 is 16.5 Å². The number of rotatable bonds is 5. The topological polar surface area (TPSA) is 93.1 Å². The second kappa shape index (κ2) is 5.80. The SMILES string of the molecule is O=[P+](O)O[P+](=O)OCCO. The average molecular weight is 188 g/mol. The highest BCUT2D eigenvalue weighted by Crippen LogP contribution is 2.35. The molecular weight excluding hydrogens is 182 g/mol. The van der Waals surface area contributed by atoms with Crippen LogP contribution in [0.2, 0.25) is 0 Å². The highest BCUT2D eigenvalue weighted by atomic mass is 31.2. The summed E-state index contributed by atoms with van der Waals surface area (Å²) in [6.07, 6.45) is 0. The Kier molecular flexibility index (Phi) is 5.82. The fourth-order valence-electron chi connectivity index (χ4n) is 0.196. The third-order valence-electron chi connectivity index (χ3n) is 0.424. The van der Waals surface area contributed by atoms with Gasteiger partial charge in [0, 0.05) is 9.13 Å². The van der Waals surface area contributed by atoms with Crippen LogP contribution < -0.4 is 0 Å². The Hall–Kier alpha value is 0.0400. The van der Waals surface area contributed by atoms with Gasteiger partial charge in [-0.25, -0.2) is 0 Å². The molecule has 2 N–H and O–H groups in total. The van der Waals surface area contributed by atoms with Gasteiger partial charge in [0.15, 0.2) is 4.31 Å². The van der Waals surface area contributed by atoms with E-state index in [0.717, 1.165) is 0 Å². The lowest BCUT2D eigenvalue weighted by Gasteiger charge is -1.77. The predicted molar refractivity (Wildman–Crippen MR) is 31.6 cm³/mol. The Balaban J connectivity index is 3.35. The molecule has 0 spiro atoms. The molecule has 0 aliphatic carbocycles. The molecule has 8 heteroatoms. The van der Waals surface area contributed by atoms with E-state index in [1.807, 2.05) is 0 Å². The van der Waals surface area contributed by atoms with Gasteiger partial charge in [-0.2, -0.15) is 0 Å². The second-order valence-electron chi connectivity index (χ2n) is 1.10. The first kappa shape index (κ1) is 10.0. The summed E-state index contributed by atoms with van der Waals surface area (Å²) >= 11 is 0. The molecule has 6 nitrogen and oxygen atoms in total. The van der Waals surface area contributed by atoms with Crippen LogP contribution in [-0.2, 0) is 18.0 Å². The van der Waals surface area contributed by atoms with Gasteiger partial charge < -0.3 is 5.11 Å². The van der Waals surface area contributed by atoms with Gasteiger partial charge in [0.1, 0.15) is 6.61 Å². The first-order valence-electron chi connectivity index (χ1n) is 2.22. The summed E-state index contributed by atoms with van der Waals surface area (Å²) < 4.78 is 28.0. The van der Waals surface area contributed by atoms with Crippen molar-refractivity contribution in [1.82, 2.24) is 0 Å². The maximum Gasteiger partial charge on any atom is 0.747 e. The molecule has 0 aliphatic heterocycles. The Morgan fingerprint density at radius 3 is 2.40 bits per heavy atom. The van der Waals surface area contributed by atoms with Gasteiger partial charge in [0.05, 0.1) is 6.61 Å². The molecule has 0 radical (unpaired) electrons. The molecule has 2 atom stereocenters. The van der Waals surface area contributed by atoms with Crippen LogP contribution in [0.15, 0.2) is 0 Å². The molecule has 10 heavy (non-hydrogen) atoms. The van der Waals surface area contributed by atoms with Crippen molar-refractivity contribution in [3.8, 4) is 0 Å². The lowest BCUT2D eigenvalue weighted by Crippen LogP contribution is -1.91. The first-order valence-corrected chi connectivity index (χ1v) is 4.44. The molecule has 0 aromatic carbocycles. The zero-order valence-electron chi connectivity index (χ0n) is 4.84. The fourth-order valence-corrected chi connectivity index (χ4v) is 1.07. The van der Waals surface area contributed by atoms with Crippen LogP contribution >= 0.6 is 16.5 Å². The van der Waals surface area contributed by atoms with Crippen molar-refractivity contribution < 1.29 is 28.0 Å². The Labute approximate surface area is 58.7 Å². The van der Waals surface area contributed by atoms with E-state index in [4.69, 9.17) is 10.00 Å². The van der Waals surface area contributed by atoms with Crippen LogP contribution in [0.1, 0.15) is 0 Å². The lowest BCUT2D eigenvalue weighted by molar-refractivity contribution is 0.194. The smallest absolute Gasteiger partial charge is 0.394 e. The first-order chi connectivity index (χ1) is 4.66. The van der Waals surface area contributed by atoms with Crippen molar-refractivity contribution in [2.45, 2.75) is 0 Å². The Bertz CT molecular complexity index is 134. The van der Waals surface area contributed by atoms with Crippen molar-refractivity contribution in [3.63, 3.8) is 0 Å². The van der Waals surface area contributed by atoms with E-state index in [-0.39, 0.29) is 13.2 Å². The summed E-state index contributed by atoms with van der Waals surface area (Å²) in [4.78, 5) is 7.98. The van der Waals surface area contributed by atoms with Crippen molar-refractivity contribution in [1.29, 1.82) is 0 Å². The number of hydrogen-bond donors (Lipinski definition) is 2. The van der Waals surface area contributed by atoms with E-state index in [1.54, 1.807) is 0 Å². The quantitative estimate of drug-likeness (QED) is 0.603. The molecular formula is C2H6O6P2+2. The predicted octanol–water partition coefficient (Wildman–Crippen LogP) is 0.319. The summed E-state index contributed by atoms with van der Waals surface area (Å²) in [5, 5.41) is 8.10. The molecule has 0 aromatic heterocycles. The molecule has 0 saturated carbocycles. The maximum absolute atomic E-state index is 10.3. The zero-order chi connectivity index (χ0) is 7.98. The van der Waals surface area contributed by atoms with Crippen LogP contribution in [0.25, 0.3) is 0 Å². The molecule has 0 saturated heterocycles. The molecule has 2 unspecified atom stereocenters. The third-order valence-corrected chi connectivity index (χ3v) is 1.91. The van der Waals surface area contributed by atoms with Crippen LogP contribution in [0.4, 0.5) is 0 Å². The van der Waals surface area contributed by atoms with Gasteiger partial charge in [-0.3, -0.25) is 0 Å². The summed E-state index contributed by atoms with van der Waals surface area (Å²) in [7, 11) is -5.47. The summed E-state index contributed by atoms with van der Waals surface area (Å²) in [5.41, 5.74) is 0. The van der Waals surface area contributed by atoms with Crippen molar-refractivity contribution in [2.24, 2.45) is 0 Å². The summed E-state index contributed by atoms with van der Waals surface area (Å²) in [5.74, 6) is 0. The summed E-state index contributed by atoms with van der Waals surface area (Å²) in [6, 6.07) is 0. The van der Waals surface area contributed by atoms with Gasteiger partial charge in [-0.05, 0) is 0 Å². The van der Waals surface area contributed by atoms with Crippen LogP contribution in [0.3, 0.4) is 0 Å². The van der Waals surface area contributed by atoms with E-state index in [9.17, 15) is 9.13 Å². The number of aliphatic hydroxyl groups is 1. The molecule has 0 bridgehead atoms. The van der Waals surface area contributed by atoms with Gasteiger partial charge in [0.25, 0.3) is 0 Å². The molecule has 0 aliphatic rings. The minimum absolute atomic E-state index is 0.182. The van der Waals surface area contributed by atoms with Crippen molar-refractivity contribution in [3.05, 3.63) is 0 Å². The van der Waals surface area contributed by atoms with E-state index < -0.39 is 16.5 Å².